The Morgan fingerprint density at radius 3 is 2.68 bits per heavy atom. The fourth-order valence-corrected chi connectivity index (χ4v) is 5.53. The average Bonchev–Trinajstić information content (AvgIpc) is 2.83. The number of sulfonamides is 1. The summed E-state index contributed by atoms with van der Waals surface area (Å²) in [6.07, 6.45) is 0.0654. The summed E-state index contributed by atoms with van der Waals surface area (Å²) in [5, 5.41) is 4.98. The lowest BCUT2D eigenvalue weighted by Crippen LogP contribution is -2.50. The molecular formula is C24H23N5O7S. The highest BCUT2D eigenvalue weighted by Crippen LogP contribution is 2.36. The van der Waals surface area contributed by atoms with Gasteiger partial charge < -0.3 is 14.6 Å². The number of imide groups is 1. The Morgan fingerprint density at radius 1 is 1.19 bits per heavy atom. The molecule has 0 spiro atoms. The van der Waals surface area contributed by atoms with Gasteiger partial charge in [-0.05, 0) is 37.6 Å². The number of ether oxygens (including phenoxy) is 1. The van der Waals surface area contributed by atoms with Crippen LogP contribution in [0.3, 0.4) is 0 Å². The fourth-order valence-electron chi connectivity index (χ4n) is 4.62. The lowest BCUT2D eigenvalue weighted by Gasteiger charge is -2.35. The van der Waals surface area contributed by atoms with Gasteiger partial charge in [0, 0.05) is 6.42 Å². The monoisotopic (exact) mass is 525 g/mol. The Labute approximate surface area is 212 Å². The molecule has 2 aromatic carbocycles. The molecule has 0 aliphatic carbocycles. The summed E-state index contributed by atoms with van der Waals surface area (Å²) in [7, 11) is -3.70. The number of hydrogen-bond donors (Lipinski definition) is 2. The summed E-state index contributed by atoms with van der Waals surface area (Å²) < 4.78 is 32.9. The molecule has 3 heterocycles. The molecule has 3 amide bonds. The van der Waals surface area contributed by atoms with Crippen LogP contribution in [0.1, 0.15) is 24.7 Å². The first-order valence-electron chi connectivity index (χ1n) is 11.4. The molecule has 12 nitrogen and oxygen atoms in total. The molecular weight excluding hydrogens is 502 g/mol. The van der Waals surface area contributed by atoms with Gasteiger partial charge in [0.2, 0.25) is 11.8 Å². The summed E-state index contributed by atoms with van der Waals surface area (Å²) in [6, 6.07) is 10.3. The summed E-state index contributed by atoms with van der Waals surface area (Å²) in [5.74, 6) is -1.16. The van der Waals surface area contributed by atoms with E-state index in [4.69, 9.17) is 4.74 Å². The third-order valence-corrected chi connectivity index (χ3v) is 7.46. The van der Waals surface area contributed by atoms with Gasteiger partial charge in [-0.2, -0.15) is 4.31 Å². The number of benzene rings is 2. The van der Waals surface area contributed by atoms with Crippen LogP contribution in [0.25, 0.3) is 10.9 Å². The number of para-hydroxylation sites is 2. The highest BCUT2D eigenvalue weighted by molar-refractivity contribution is 7.98. The van der Waals surface area contributed by atoms with E-state index in [0.717, 1.165) is 10.6 Å². The molecule has 0 radical (unpaired) electrons. The topological polar surface area (TPSA) is 163 Å². The Morgan fingerprint density at radius 2 is 1.95 bits per heavy atom. The highest BCUT2D eigenvalue weighted by atomic mass is 32.3. The van der Waals surface area contributed by atoms with Crippen molar-refractivity contribution in [3.8, 4) is 5.75 Å². The number of aromatic nitrogens is 2. The van der Waals surface area contributed by atoms with Gasteiger partial charge in [-0.25, -0.2) is 4.98 Å². The molecule has 192 valence electrons. The molecule has 2 aliphatic rings. The Balaban J connectivity index is 1.51. The van der Waals surface area contributed by atoms with Crippen molar-refractivity contribution in [1.82, 2.24) is 14.9 Å². The minimum atomic E-state index is -3.70. The van der Waals surface area contributed by atoms with Crippen LogP contribution in [0.5, 0.6) is 5.75 Å². The van der Waals surface area contributed by atoms with E-state index in [1.807, 2.05) is 0 Å². The third-order valence-electron chi connectivity index (χ3n) is 6.31. The second-order valence-corrected chi connectivity index (χ2v) is 10.8. The number of carbonyl (C=O) groups is 3. The Kier molecular flexibility index (Phi) is 6.04. The molecule has 3 unspecified atom stereocenters. The second kappa shape index (κ2) is 9.09. The van der Waals surface area contributed by atoms with Gasteiger partial charge in [-0.3, -0.25) is 29.1 Å². The van der Waals surface area contributed by atoms with Crippen molar-refractivity contribution in [3.63, 3.8) is 0 Å². The normalized spacial score (nSPS) is 21.0. The summed E-state index contributed by atoms with van der Waals surface area (Å²) in [4.78, 5) is 55.3. The van der Waals surface area contributed by atoms with E-state index in [-0.39, 0.29) is 42.0 Å². The lowest BCUT2D eigenvalue weighted by atomic mass is 10.1. The molecule has 2 N–H and O–H groups in total. The minimum absolute atomic E-state index is 0.0716. The molecule has 1 aromatic heterocycles. The van der Waals surface area contributed by atoms with Gasteiger partial charge in [0.05, 0.1) is 16.6 Å². The van der Waals surface area contributed by atoms with E-state index < -0.39 is 45.8 Å². The molecule has 37 heavy (non-hydrogen) atoms. The number of anilines is 2. The quantitative estimate of drug-likeness (QED) is 0.377. The first kappa shape index (κ1) is 24.6. The SMILES string of the molecule is Cc1nc2cccc(NC(=O)C3CN([S+](C)(=O)[O-])c4ccccc4O3)c2c(=O)n1C1CCC(=O)NC1=O. The van der Waals surface area contributed by atoms with Crippen molar-refractivity contribution in [3.05, 3.63) is 58.6 Å². The van der Waals surface area contributed by atoms with Crippen LogP contribution >= 0.6 is 0 Å². The fraction of sp³-hybridized carbons (Fsp3) is 0.292. The molecule has 13 heteroatoms. The minimum Gasteiger partial charge on any atom is -0.593 e. The maximum absolute atomic E-state index is 13.6. The van der Waals surface area contributed by atoms with Gasteiger partial charge in [0.15, 0.2) is 6.10 Å². The first-order chi connectivity index (χ1) is 17.5. The van der Waals surface area contributed by atoms with Crippen molar-refractivity contribution < 1.29 is 27.9 Å². The van der Waals surface area contributed by atoms with Crippen LogP contribution in [0.2, 0.25) is 0 Å². The Hall–Kier alpha value is -4.10. The lowest BCUT2D eigenvalue weighted by molar-refractivity contribution is -0.135. The van der Waals surface area contributed by atoms with Crippen molar-refractivity contribution in [1.29, 1.82) is 0 Å². The molecule has 1 saturated heterocycles. The standard InChI is InChI=1S/C24H23N5O7S/c1-13-25-14-6-5-7-15(21(14)24(33)29(13)17-10-11-20(30)27-22(17)31)26-23(32)19-12-28(37(2,34)35)16-8-3-4-9-18(16)36-19/h3-9,17,19H,10-12H2,1-2H3,(H2-,26,27,30,31,32,33,34,35). The Bertz CT molecular complexity index is 1560. The first-order valence-corrected chi connectivity index (χ1v) is 13.3. The van der Waals surface area contributed by atoms with Crippen molar-refractivity contribution >= 4 is 50.4 Å². The second-order valence-electron chi connectivity index (χ2n) is 8.86. The summed E-state index contributed by atoms with van der Waals surface area (Å²) in [5.41, 5.74) is 0.206. The maximum Gasteiger partial charge on any atom is 0.267 e. The predicted octanol–water partition coefficient (Wildman–Crippen LogP) is 1.06. The molecule has 3 aromatic rings. The van der Waals surface area contributed by atoms with Crippen LogP contribution < -0.4 is 25.2 Å². The number of nitrogens with zero attached hydrogens (tertiary/aromatic N) is 3. The van der Waals surface area contributed by atoms with Gasteiger partial charge in [0.25, 0.3) is 11.5 Å². The van der Waals surface area contributed by atoms with Gasteiger partial charge in [0.1, 0.15) is 46.5 Å². The van der Waals surface area contributed by atoms with Gasteiger partial charge in [-0.1, -0.05) is 22.4 Å². The predicted molar refractivity (Wildman–Crippen MR) is 134 cm³/mol. The zero-order valence-electron chi connectivity index (χ0n) is 19.9. The van der Waals surface area contributed by atoms with E-state index in [1.54, 1.807) is 43.3 Å². The van der Waals surface area contributed by atoms with Gasteiger partial charge >= 0.3 is 0 Å². The summed E-state index contributed by atoms with van der Waals surface area (Å²) in [6.45, 7) is 1.33. The molecule has 1 fully saturated rings. The summed E-state index contributed by atoms with van der Waals surface area (Å²) >= 11 is 0. The number of carbonyl (C=O) groups excluding carboxylic acids is 3. The zero-order valence-corrected chi connectivity index (χ0v) is 20.7. The van der Waals surface area contributed by atoms with E-state index >= 15 is 0 Å². The van der Waals surface area contributed by atoms with Crippen LogP contribution in [0.4, 0.5) is 11.4 Å². The number of amides is 3. The number of rotatable bonds is 4. The zero-order chi connectivity index (χ0) is 26.5. The number of nitrogens with one attached hydrogen (secondary N) is 2. The third kappa shape index (κ3) is 4.47. The van der Waals surface area contributed by atoms with Crippen LogP contribution in [0.15, 0.2) is 47.3 Å². The van der Waals surface area contributed by atoms with E-state index in [1.165, 1.54) is 10.6 Å². The molecule has 0 saturated carbocycles. The smallest absolute Gasteiger partial charge is 0.267 e. The molecule has 0 bridgehead atoms. The van der Waals surface area contributed by atoms with E-state index in [9.17, 15) is 27.9 Å². The van der Waals surface area contributed by atoms with Crippen LogP contribution in [0, 0.1) is 6.92 Å². The number of aryl methyl sites for hydroxylation is 1. The maximum atomic E-state index is 13.6. The van der Waals surface area contributed by atoms with Crippen LogP contribution in [-0.4, -0.2) is 50.7 Å². The number of piperidine rings is 1. The highest BCUT2D eigenvalue weighted by Gasteiger charge is 2.38. The van der Waals surface area contributed by atoms with Crippen molar-refractivity contribution in [2.24, 2.45) is 0 Å². The van der Waals surface area contributed by atoms with E-state index in [2.05, 4.69) is 15.6 Å². The largest absolute Gasteiger partial charge is 0.593 e. The molecule has 3 atom stereocenters. The number of hydrogen-bond acceptors (Lipinski definition) is 8. The average molecular weight is 526 g/mol. The van der Waals surface area contributed by atoms with E-state index in [0.29, 0.717) is 11.2 Å². The van der Waals surface area contributed by atoms with Crippen molar-refractivity contribution in [2.75, 3.05) is 22.4 Å². The van der Waals surface area contributed by atoms with Crippen molar-refractivity contribution in [2.45, 2.75) is 31.9 Å². The number of fused-ring (bicyclic) bond motifs is 2. The van der Waals surface area contributed by atoms with Gasteiger partial charge in [-0.15, -0.1) is 0 Å². The molecule has 2 aliphatic heterocycles. The van der Waals surface area contributed by atoms with Crippen LogP contribution in [-0.2, 0) is 29.0 Å². The molecule has 5 rings (SSSR count).